The Morgan fingerprint density at radius 2 is 1.50 bits per heavy atom. The summed E-state index contributed by atoms with van der Waals surface area (Å²) in [6.45, 7) is 0. The maximum atomic E-state index is 4.35. The largest absolute Gasteiger partial charge is 0.277 e. The zero-order chi connectivity index (χ0) is 11.9. The normalized spacial score (nSPS) is 11.3. The number of benzene rings is 2. The van der Waals surface area contributed by atoms with Crippen molar-refractivity contribution in [3.63, 3.8) is 0 Å². The third-order valence-electron chi connectivity index (χ3n) is 3.09. The van der Waals surface area contributed by atoms with Gasteiger partial charge in [-0.15, -0.1) is 0 Å². The van der Waals surface area contributed by atoms with Gasteiger partial charge in [-0.2, -0.15) is 14.6 Å². The molecule has 4 rings (SSSR count). The van der Waals surface area contributed by atoms with Crippen LogP contribution < -0.4 is 0 Å². The molecule has 0 saturated carbocycles. The Morgan fingerprint density at radius 3 is 2.33 bits per heavy atom. The first-order chi connectivity index (χ1) is 8.95. The monoisotopic (exact) mass is 234 g/mol. The number of para-hydroxylation sites is 3. The summed E-state index contributed by atoms with van der Waals surface area (Å²) < 4.78 is 3.98. The van der Waals surface area contributed by atoms with Crippen molar-refractivity contribution in [1.29, 1.82) is 0 Å². The van der Waals surface area contributed by atoms with Crippen molar-refractivity contribution in [2.45, 2.75) is 0 Å². The van der Waals surface area contributed by atoms with Crippen molar-refractivity contribution in [2.24, 2.45) is 0 Å². The van der Waals surface area contributed by atoms with Crippen LogP contribution in [0.4, 0.5) is 0 Å². The Hall–Kier alpha value is -2.62. The van der Waals surface area contributed by atoms with Gasteiger partial charge >= 0.3 is 0 Å². The molecule has 86 valence electrons. The van der Waals surface area contributed by atoms with Gasteiger partial charge in [-0.1, -0.05) is 30.3 Å². The summed E-state index contributed by atoms with van der Waals surface area (Å²) in [5.74, 6) is 0.836. The molecule has 2 heterocycles. The van der Waals surface area contributed by atoms with Crippen LogP contribution in [0.25, 0.3) is 22.5 Å². The van der Waals surface area contributed by atoms with Gasteiger partial charge in [0.2, 0.25) is 5.78 Å². The number of hydrogen-bond donors (Lipinski definition) is 0. The van der Waals surface area contributed by atoms with Gasteiger partial charge in [0.1, 0.15) is 6.33 Å². The zero-order valence-electron chi connectivity index (χ0n) is 9.56. The minimum absolute atomic E-state index is 0.836. The van der Waals surface area contributed by atoms with Gasteiger partial charge in [-0.05, 0) is 24.3 Å². The van der Waals surface area contributed by atoms with Crippen molar-refractivity contribution >= 4 is 16.8 Å². The van der Waals surface area contributed by atoms with Crippen LogP contribution in [0, 0.1) is 0 Å². The molecule has 0 fully saturated rings. The predicted molar refractivity (Wildman–Crippen MR) is 69.8 cm³/mol. The Morgan fingerprint density at radius 1 is 0.778 bits per heavy atom. The molecular formula is C14H10N4. The first-order valence-electron chi connectivity index (χ1n) is 5.80. The number of nitrogens with zero attached hydrogens (tertiary/aromatic N) is 4. The highest BCUT2D eigenvalue weighted by molar-refractivity contribution is 5.82. The predicted octanol–water partition coefficient (Wildman–Crippen LogP) is 2.67. The lowest BCUT2D eigenvalue weighted by atomic mass is 10.3. The summed E-state index contributed by atoms with van der Waals surface area (Å²) in [6.07, 6.45) is 1.58. The SMILES string of the molecule is c1ccc(-n2c3ccccc3n3ncnc23)cc1. The molecule has 0 amide bonds. The molecule has 0 aliphatic heterocycles. The molecule has 0 N–H and O–H groups in total. The summed E-state index contributed by atoms with van der Waals surface area (Å²) >= 11 is 0. The number of fused-ring (bicyclic) bond motifs is 3. The third kappa shape index (κ3) is 1.14. The molecule has 0 radical (unpaired) electrons. The fourth-order valence-corrected chi connectivity index (χ4v) is 2.33. The van der Waals surface area contributed by atoms with Crippen LogP contribution in [0.3, 0.4) is 0 Å². The van der Waals surface area contributed by atoms with Crippen LogP contribution in [-0.4, -0.2) is 19.2 Å². The standard InChI is InChI=1S/C14H10N4/c1-2-6-11(7-3-1)17-12-8-4-5-9-13(12)18-14(17)15-10-16-18/h1-10H. The highest BCUT2D eigenvalue weighted by Gasteiger charge is 2.12. The van der Waals surface area contributed by atoms with Crippen molar-refractivity contribution in [1.82, 2.24) is 19.2 Å². The molecule has 4 nitrogen and oxygen atoms in total. The maximum Gasteiger partial charge on any atom is 0.238 e. The summed E-state index contributed by atoms with van der Waals surface area (Å²) in [4.78, 5) is 4.35. The first kappa shape index (κ1) is 9.41. The Balaban J connectivity index is 2.22. The van der Waals surface area contributed by atoms with E-state index in [1.807, 2.05) is 34.8 Å². The average Bonchev–Trinajstić information content (AvgIpc) is 2.99. The van der Waals surface area contributed by atoms with E-state index in [1.165, 1.54) is 0 Å². The van der Waals surface area contributed by atoms with Crippen LogP contribution in [0.2, 0.25) is 0 Å². The second kappa shape index (κ2) is 3.43. The highest BCUT2D eigenvalue weighted by atomic mass is 15.4. The quantitative estimate of drug-likeness (QED) is 0.507. The fraction of sp³-hybridized carbons (Fsp3) is 0. The molecule has 0 unspecified atom stereocenters. The number of aromatic nitrogens is 4. The summed E-state index contributed by atoms with van der Waals surface area (Å²) in [5.41, 5.74) is 3.27. The van der Waals surface area contributed by atoms with Gasteiger partial charge in [-0.3, -0.25) is 4.57 Å². The molecule has 4 heteroatoms. The van der Waals surface area contributed by atoms with E-state index in [2.05, 4.69) is 38.9 Å². The average molecular weight is 234 g/mol. The van der Waals surface area contributed by atoms with Gasteiger partial charge < -0.3 is 0 Å². The van der Waals surface area contributed by atoms with Gasteiger partial charge in [0.05, 0.1) is 11.0 Å². The molecule has 0 aliphatic rings. The Labute approximate surface area is 103 Å². The first-order valence-corrected chi connectivity index (χ1v) is 5.80. The van der Waals surface area contributed by atoms with E-state index in [-0.39, 0.29) is 0 Å². The molecule has 0 atom stereocenters. The van der Waals surface area contributed by atoms with E-state index in [4.69, 9.17) is 0 Å². The third-order valence-corrected chi connectivity index (χ3v) is 3.09. The molecule has 0 aliphatic carbocycles. The maximum absolute atomic E-state index is 4.35. The van der Waals surface area contributed by atoms with Crippen molar-refractivity contribution < 1.29 is 0 Å². The smallest absolute Gasteiger partial charge is 0.238 e. The Kier molecular flexibility index (Phi) is 1.80. The lowest BCUT2D eigenvalue weighted by molar-refractivity contribution is 0.992. The second-order valence-corrected chi connectivity index (χ2v) is 4.13. The molecule has 0 spiro atoms. The van der Waals surface area contributed by atoms with E-state index >= 15 is 0 Å². The van der Waals surface area contributed by atoms with Crippen LogP contribution in [0.1, 0.15) is 0 Å². The number of imidazole rings is 1. The van der Waals surface area contributed by atoms with Crippen LogP contribution >= 0.6 is 0 Å². The second-order valence-electron chi connectivity index (χ2n) is 4.13. The van der Waals surface area contributed by atoms with E-state index < -0.39 is 0 Å². The lowest BCUT2D eigenvalue weighted by Gasteiger charge is -2.03. The van der Waals surface area contributed by atoms with Gasteiger partial charge in [0.15, 0.2) is 0 Å². The summed E-state index contributed by atoms with van der Waals surface area (Å²) in [7, 11) is 0. The van der Waals surface area contributed by atoms with E-state index in [0.717, 1.165) is 22.5 Å². The van der Waals surface area contributed by atoms with E-state index in [1.54, 1.807) is 6.33 Å². The molecule has 18 heavy (non-hydrogen) atoms. The summed E-state index contributed by atoms with van der Waals surface area (Å²) in [5, 5.41) is 4.28. The van der Waals surface area contributed by atoms with Gasteiger partial charge in [0.25, 0.3) is 0 Å². The topological polar surface area (TPSA) is 35.1 Å². The van der Waals surface area contributed by atoms with Gasteiger partial charge in [-0.25, -0.2) is 0 Å². The fourth-order valence-electron chi connectivity index (χ4n) is 2.33. The van der Waals surface area contributed by atoms with Crippen LogP contribution in [0.5, 0.6) is 0 Å². The minimum atomic E-state index is 0.836. The van der Waals surface area contributed by atoms with Crippen molar-refractivity contribution in [3.8, 4) is 5.69 Å². The number of rotatable bonds is 1. The van der Waals surface area contributed by atoms with Crippen molar-refractivity contribution in [2.75, 3.05) is 0 Å². The highest BCUT2D eigenvalue weighted by Crippen LogP contribution is 2.22. The summed E-state index contributed by atoms with van der Waals surface area (Å²) in [6, 6.07) is 18.4. The molecule has 4 aromatic rings. The van der Waals surface area contributed by atoms with E-state index in [9.17, 15) is 0 Å². The minimum Gasteiger partial charge on any atom is -0.277 e. The zero-order valence-corrected chi connectivity index (χ0v) is 9.56. The Bertz CT molecular complexity index is 827. The van der Waals surface area contributed by atoms with Crippen LogP contribution in [-0.2, 0) is 0 Å². The van der Waals surface area contributed by atoms with Crippen LogP contribution in [0.15, 0.2) is 60.9 Å². The molecule has 0 bridgehead atoms. The molecule has 0 saturated heterocycles. The molecule has 2 aromatic carbocycles. The molecule has 2 aromatic heterocycles. The lowest BCUT2D eigenvalue weighted by Crippen LogP contribution is -1.94. The van der Waals surface area contributed by atoms with Crippen molar-refractivity contribution in [3.05, 3.63) is 60.9 Å². The number of hydrogen-bond acceptors (Lipinski definition) is 2. The van der Waals surface area contributed by atoms with Gasteiger partial charge in [0, 0.05) is 5.69 Å². The molecular weight excluding hydrogens is 224 g/mol. The van der Waals surface area contributed by atoms with E-state index in [0.29, 0.717) is 0 Å².